The molecule has 5 rings (SSSR count). The summed E-state index contributed by atoms with van der Waals surface area (Å²) in [4.78, 5) is 25.2. The highest BCUT2D eigenvalue weighted by Crippen LogP contribution is 2.37. The van der Waals surface area contributed by atoms with Gasteiger partial charge >= 0.3 is 0 Å². The Bertz CT molecular complexity index is 1020. The van der Waals surface area contributed by atoms with E-state index in [0.29, 0.717) is 6.04 Å². The molecule has 0 amide bonds. The molecule has 27 heavy (non-hydrogen) atoms. The van der Waals surface area contributed by atoms with Crippen molar-refractivity contribution in [3.63, 3.8) is 0 Å². The van der Waals surface area contributed by atoms with Crippen molar-refractivity contribution in [1.82, 2.24) is 14.5 Å². The van der Waals surface area contributed by atoms with E-state index in [0.717, 1.165) is 46.8 Å². The van der Waals surface area contributed by atoms with Gasteiger partial charge in [0.2, 0.25) is 0 Å². The minimum atomic E-state index is 0.208. The zero-order chi connectivity index (χ0) is 18.2. The van der Waals surface area contributed by atoms with Crippen LogP contribution in [0.4, 0.5) is 0 Å². The average Bonchev–Trinajstić information content (AvgIpc) is 3.34. The molecule has 0 spiro atoms. The molecule has 0 radical (unpaired) electrons. The molecule has 0 aliphatic heterocycles. The highest BCUT2D eigenvalue weighted by atomic mass is 32.2. The summed E-state index contributed by atoms with van der Waals surface area (Å²) in [7, 11) is 0. The fraction of sp³-hybridized carbons (Fsp3) is 0.476. The van der Waals surface area contributed by atoms with Crippen molar-refractivity contribution in [3.8, 4) is 0 Å². The minimum absolute atomic E-state index is 0.208. The summed E-state index contributed by atoms with van der Waals surface area (Å²) >= 11 is 3.43. The second-order valence-electron chi connectivity index (χ2n) is 7.55. The molecule has 1 fully saturated rings. The topological polar surface area (TPSA) is 47.8 Å². The fourth-order valence-electron chi connectivity index (χ4n) is 4.42. The van der Waals surface area contributed by atoms with Crippen molar-refractivity contribution in [3.05, 3.63) is 50.9 Å². The number of thioether (sulfide) groups is 1. The van der Waals surface area contributed by atoms with E-state index in [-0.39, 0.29) is 5.56 Å². The first-order valence-electron chi connectivity index (χ1n) is 9.90. The molecule has 2 aliphatic rings. The van der Waals surface area contributed by atoms with Crippen molar-refractivity contribution >= 4 is 33.3 Å². The summed E-state index contributed by atoms with van der Waals surface area (Å²) < 4.78 is 2.04. The van der Waals surface area contributed by atoms with E-state index in [2.05, 4.69) is 11.1 Å². The van der Waals surface area contributed by atoms with Gasteiger partial charge in [-0.25, -0.2) is 4.98 Å². The molecule has 3 aromatic rings. The van der Waals surface area contributed by atoms with E-state index in [1.165, 1.54) is 41.7 Å². The number of thiophene rings is 1. The Morgan fingerprint density at radius 2 is 2.04 bits per heavy atom. The largest absolute Gasteiger partial charge is 0.284 e. The molecule has 0 atom stereocenters. The van der Waals surface area contributed by atoms with E-state index in [4.69, 9.17) is 4.98 Å². The van der Waals surface area contributed by atoms with Gasteiger partial charge in [-0.15, -0.1) is 11.3 Å². The first-order chi connectivity index (χ1) is 13.3. The summed E-state index contributed by atoms with van der Waals surface area (Å²) in [5.74, 6) is 0.795. The van der Waals surface area contributed by atoms with Crippen LogP contribution in [-0.2, 0) is 18.6 Å². The predicted molar refractivity (Wildman–Crippen MR) is 112 cm³/mol. The zero-order valence-electron chi connectivity index (χ0n) is 15.3. The lowest BCUT2D eigenvalue weighted by molar-refractivity contribution is 0.457. The Balaban J connectivity index is 1.61. The fourth-order valence-corrected chi connectivity index (χ4v) is 6.72. The van der Waals surface area contributed by atoms with Crippen LogP contribution in [0.15, 0.2) is 34.5 Å². The molecule has 4 nitrogen and oxygen atoms in total. The summed E-state index contributed by atoms with van der Waals surface area (Å²) in [6.07, 6.45) is 12.9. The number of aryl methyl sites for hydroxylation is 2. The van der Waals surface area contributed by atoms with E-state index < -0.39 is 0 Å². The number of pyridine rings is 1. The molecular formula is C21H23N3OS2. The van der Waals surface area contributed by atoms with Gasteiger partial charge in [0.1, 0.15) is 4.83 Å². The molecule has 6 heteroatoms. The number of hydrogen-bond acceptors (Lipinski definition) is 5. The maximum Gasteiger partial charge on any atom is 0.263 e. The summed E-state index contributed by atoms with van der Waals surface area (Å²) in [5.41, 5.74) is 2.68. The van der Waals surface area contributed by atoms with E-state index >= 15 is 0 Å². The standard InChI is InChI=1S/C21H23N3OS2/c25-20-18-16-9-3-4-10-17(16)27-19(18)23-21(24(20)15-7-1-2-8-15)26-13-14-6-5-11-22-12-14/h5-6,11-12,15H,1-4,7-10,13H2. The number of hydrogen-bond donors (Lipinski definition) is 0. The molecule has 140 valence electrons. The molecule has 2 aliphatic carbocycles. The third kappa shape index (κ3) is 3.23. The molecule has 0 unspecified atom stereocenters. The van der Waals surface area contributed by atoms with Gasteiger partial charge < -0.3 is 0 Å². The van der Waals surface area contributed by atoms with Gasteiger partial charge in [-0.05, 0) is 55.7 Å². The Morgan fingerprint density at radius 1 is 1.19 bits per heavy atom. The van der Waals surface area contributed by atoms with Gasteiger partial charge in [0.25, 0.3) is 5.56 Å². The van der Waals surface area contributed by atoms with Crippen LogP contribution in [0, 0.1) is 0 Å². The van der Waals surface area contributed by atoms with Crippen molar-refractivity contribution < 1.29 is 0 Å². The van der Waals surface area contributed by atoms with Crippen LogP contribution >= 0.6 is 23.1 Å². The van der Waals surface area contributed by atoms with Crippen LogP contribution in [-0.4, -0.2) is 14.5 Å². The van der Waals surface area contributed by atoms with Gasteiger partial charge in [-0.3, -0.25) is 14.3 Å². The van der Waals surface area contributed by atoms with Crippen LogP contribution in [0.5, 0.6) is 0 Å². The smallest absolute Gasteiger partial charge is 0.263 e. The number of aromatic nitrogens is 3. The molecular weight excluding hydrogens is 374 g/mol. The van der Waals surface area contributed by atoms with Gasteiger partial charge in [-0.1, -0.05) is 30.7 Å². The van der Waals surface area contributed by atoms with Crippen LogP contribution in [0.3, 0.4) is 0 Å². The number of nitrogens with zero attached hydrogens (tertiary/aromatic N) is 3. The van der Waals surface area contributed by atoms with Crippen molar-refractivity contribution in [1.29, 1.82) is 0 Å². The highest BCUT2D eigenvalue weighted by molar-refractivity contribution is 7.98. The lowest BCUT2D eigenvalue weighted by atomic mass is 9.97. The van der Waals surface area contributed by atoms with Crippen LogP contribution in [0.25, 0.3) is 10.2 Å². The Hall–Kier alpha value is -1.66. The van der Waals surface area contributed by atoms with Crippen LogP contribution in [0.2, 0.25) is 0 Å². The predicted octanol–water partition coefficient (Wildman–Crippen LogP) is 5.14. The second kappa shape index (κ2) is 7.40. The van der Waals surface area contributed by atoms with Crippen molar-refractivity contribution in [2.24, 2.45) is 0 Å². The number of rotatable bonds is 4. The molecule has 3 aromatic heterocycles. The van der Waals surface area contributed by atoms with E-state index in [1.54, 1.807) is 29.3 Å². The Labute approximate surface area is 167 Å². The first kappa shape index (κ1) is 17.4. The first-order valence-corrected chi connectivity index (χ1v) is 11.7. The summed E-state index contributed by atoms with van der Waals surface area (Å²) in [5, 5.41) is 1.81. The third-order valence-corrected chi connectivity index (χ3v) is 7.98. The minimum Gasteiger partial charge on any atom is -0.284 e. The van der Waals surface area contributed by atoms with Gasteiger partial charge in [0, 0.05) is 29.1 Å². The third-order valence-electron chi connectivity index (χ3n) is 5.77. The Kier molecular flexibility index (Phi) is 4.78. The molecule has 0 N–H and O–H groups in total. The van der Waals surface area contributed by atoms with Gasteiger partial charge in [0.05, 0.1) is 5.39 Å². The maximum absolute atomic E-state index is 13.6. The number of fused-ring (bicyclic) bond motifs is 3. The highest BCUT2D eigenvalue weighted by Gasteiger charge is 2.26. The van der Waals surface area contributed by atoms with Gasteiger partial charge in [0.15, 0.2) is 5.16 Å². The monoisotopic (exact) mass is 397 g/mol. The normalized spacial score (nSPS) is 17.5. The average molecular weight is 398 g/mol. The van der Waals surface area contributed by atoms with Crippen molar-refractivity contribution in [2.45, 2.75) is 68.3 Å². The molecule has 3 heterocycles. The van der Waals surface area contributed by atoms with E-state index in [1.807, 2.05) is 16.8 Å². The molecule has 0 saturated heterocycles. The summed E-state index contributed by atoms with van der Waals surface area (Å²) in [6, 6.07) is 4.36. The quantitative estimate of drug-likeness (QED) is 0.452. The molecule has 0 bridgehead atoms. The van der Waals surface area contributed by atoms with Crippen molar-refractivity contribution in [2.75, 3.05) is 0 Å². The van der Waals surface area contributed by atoms with Gasteiger partial charge in [-0.2, -0.15) is 0 Å². The van der Waals surface area contributed by atoms with E-state index in [9.17, 15) is 4.79 Å². The summed E-state index contributed by atoms with van der Waals surface area (Å²) in [6.45, 7) is 0. The van der Waals surface area contributed by atoms with Crippen LogP contribution in [0.1, 0.15) is 60.6 Å². The maximum atomic E-state index is 13.6. The van der Waals surface area contributed by atoms with Crippen LogP contribution < -0.4 is 5.56 Å². The SMILES string of the molecule is O=c1c2c3c(sc2nc(SCc2cccnc2)n1C1CCCC1)CCCC3. The molecule has 0 aromatic carbocycles. The lowest BCUT2D eigenvalue weighted by Crippen LogP contribution is -2.26. The lowest BCUT2D eigenvalue weighted by Gasteiger charge is -2.18. The Morgan fingerprint density at radius 3 is 2.85 bits per heavy atom. The molecule has 1 saturated carbocycles. The second-order valence-corrected chi connectivity index (χ2v) is 9.57. The zero-order valence-corrected chi connectivity index (χ0v) is 17.0.